The van der Waals surface area contributed by atoms with Crippen LogP contribution in [0.25, 0.3) is 11.1 Å². The first-order valence-electron chi connectivity index (χ1n) is 11.8. The third-order valence-electron chi connectivity index (χ3n) is 5.67. The Morgan fingerprint density at radius 3 is 2.23 bits per heavy atom. The number of anilines is 1. The SMILES string of the molecule is O=C(O)CC(CC(=O)CNC(=O)CCCCNc1ccccn1)c1ccc(-c2ccccc2)cc1. The summed E-state index contributed by atoms with van der Waals surface area (Å²) >= 11 is 0. The van der Waals surface area contributed by atoms with Crippen molar-refractivity contribution in [3.05, 3.63) is 84.6 Å². The van der Waals surface area contributed by atoms with Crippen molar-refractivity contribution in [3.8, 4) is 11.1 Å². The maximum atomic E-state index is 12.5. The Labute approximate surface area is 205 Å². The van der Waals surface area contributed by atoms with Crippen LogP contribution in [-0.4, -0.2) is 40.8 Å². The molecule has 1 heterocycles. The molecule has 35 heavy (non-hydrogen) atoms. The number of nitrogens with one attached hydrogen (secondary N) is 2. The molecule has 182 valence electrons. The van der Waals surface area contributed by atoms with E-state index < -0.39 is 11.9 Å². The molecule has 1 amide bonds. The number of benzene rings is 2. The summed E-state index contributed by atoms with van der Waals surface area (Å²) in [6, 6.07) is 23.2. The third-order valence-corrected chi connectivity index (χ3v) is 5.67. The zero-order chi connectivity index (χ0) is 24.9. The second kappa shape index (κ2) is 13.6. The molecule has 0 aliphatic rings. The molecule has 0 radical (unpaired) electrons. The van der Waals surface area contributed by atoms with Gasteiger partial charge in [-0.3, -0.25) is 14.4 Å². The number of amides is 1. The van der Waals surface area contributed by atoms with E-state index in [4.69, 9.17) is 0 Å². The van der Waals surface area contributed by atoms with E-state index in [0.29, 0.717) is 19.4 Å². The van der Waals surface area contributed by atoms with E-state index in [1.165, 1.54) is 0 Å². The quantitative estimate of drug-likeness (QED) is 0.294. The number of hydrogen-bond donors (Lipinski definition) is 3. The number of nitrogens with zero attached hydrogens (tertiary/aromatic N) is 1. The van der Waals surface area contributed by atoms with Crippen LogP contribution in [0.1, 0.15) is 43.6 Å². The van der Waals surface area contributed by atoms with Crippen LogP contribution in [0.2, 0.25) is 0 Å². The normalized spacial score (nSPS) is 11.4. The standard InChI is InChI=1S/C28H31N3O4/c32-25(20-31-27(33)11-5-7-17-30-26-10-4-6-16-29-26)18-24(19-28(34)35)23-14-12-22(13-15-23)21-8-2-1-3-9-21/h1-4,6,8-10,12-16,24H,5,7,11,17-20H2,(H,29,30)(H,31,33)(H,34,35). The van der Waals surface area contributed by atoms with Crippen LogP contribution in [0.3, 0.4) is 0 Å². The van der Waals surface area contributed by atoms with Gasteiger partial charge in [0.1, 0.15) is 5.82 Å². The van der Waals surface area contributed by atoms with Crippen molar-refractivity contribution in [2.24, 2.45) is 0 Å². The Bertz CT molecular complexity index is 1090. The number of carbonyl (C=O) groups is 3. The highest BCUT2D eigenvalue weighted by Gasteiger charge is 2.20. The van der Waals surface area contributed by atoms with E-state index in [2.05, 4.69) is 15.6 Å². The number of carboxylic acid groups (broad SMARTS) is 1. The first kappa shape index (κ1) is 25.6. The number of aliphatic carboxylic acids is 1. The lowest BCUT2D eigenvalue weighted by Crippen LogP contribution is -2.30. The largest absolute Gasteiger partial charge is 0.481 e. The number of unbranched alkanes of at least 4 members (excludes halogenated alkanes) is 1. The summed E-state index contributed by atoms with van der Waals surface area (Å²) < 4.78 is 0. The first-order valence-corrected chi connectivity index (χ1v) is 11.8. The highest BCUT2D eigenvalue weighted by atomic mass is 16.4. The van der Waals surface area contributed by atoms with E-state index in [0.717, 1.165) is 28.9 Å². The monoisotopic (exact) mass is 473 g/mol. The number of rotatable bonds is 14. The molecule has 1 atom stereocenters. The van der Waals surface area contributed by atoms with Crippen LogP contribution in [0, 0.1) is 0 Å². The Kier molecular flexibility index (Phi) is 9.99. The number of hydrogen-bond acceptors (Lipinski definition) is 5. The van der Waals surface area contributed by atoms with Crippen molar-refractivity contribution in [2.45, 2.75) is 38.0 Å². The second-order valence-corrected chi connectivity index (χ2v) is 8.40. The molecule has 7 heteroatoms. The van der Waals surface area contributed by atoms with Crippen LogP contribution in [-0.2, 0) is 14.4 Å². The summed E-state index contributed by atoms with van der Waals surface area (Å²) in [7, 11) is 0. The molecule has 3 N–H and O–H groups in total. The van der Waals surface area contributed by atoms with E-state index in [1.807, 2.05) is 72.8 Å². The molecule has 2 aromatic carbocycles. The van der Waals surface area contributed by atoms with Gasteiger partial charge in [-0.05, 0) is 41.7 Å². The lowest BCUT2D eigenvalue weighted by Gasteiger charge is -2.16. The number of ketones is 1. The highest BCUT2D eigenvalue weighted by molar-refractivity contribution is 5.87. The molecule has 1 aromatic heterocycles. The lowest BCUT2D eigenvalue weighted by molar-refractivity contribution is -0.137. The van der Waals surface area contributed by atoms with Crippen molar-refractivity contribution >= 4 is 23.5 Å². The second-order valence-electron chi connectivity index (χ2n) is 8.40. The maximum absolute atomic E-state index is 12.5. The fraction of sp³-hybridized carbons (Fsp3) is 0.286. The number of aromatic nitrogens is 1. The first-order chi connectivity index (χ1) is 17.0. The Balaban J connectivity index is 1.42. The zero-order valence-corrected chi connectivity index (χ0v) is 19.7. The van der Waals surface area contributed by atoms with Crippen molar-refractivity contribution in [1.29, 1.82) is 0 Å². The molecule has 0 saturated heterocycles. The summed E-state index contributed by atoms with van der Waals surface area (Å²) in [6.45, 7) is 0.617. The van der Waals surface area contributed by atoms with Crippen LogP contribution in [0.5, 0.6) is 0 Å². The summed E-state index contributed by atoms with van der Waals surface area (Å²) in [5, 5.41) is 15.2. The molecule has 1 unspecified atom stereocenters. The van der Waals surface area contributed by atoms with Crippen LogP contribution >= 0.6 is 0 Å². The predicted octanol–water partition coefficient (Wildman–Crippen LogP) is 4.66. The third kappa shape index (κ3) is 9.04. The maximum Gasteiger partial charge on any atom is 0.303 e. The van der Waals surface area contributed by atoms with Gasteiger partial charge in [0, 0.05) is 31.5 Å². The van der Waals surface area contributed by atoms with Gasteiger partial charge in [-0.1, -0.05) is 60.7 Å². The van der Waals surface area contributed by atoms with Gasteiger partial charge in [0.2, 0.25) is 5.91 Å². The van der Waals surface area contributed by atoms with E-state index in [1.54, 1.807) is 6.20 Å². The fourth-order valence-electron chi connectivity index (χ4n) is 3.82. The molecule has 7 nitrogen and oxygen atoms in total. The topological polar surface area (TPSA) is 108 Å². The summed E-state index contributed by atoms with van der Waals surface area (Å²) in [5.74, 6) is -0.974. The molecule has 0 aliphatic heterocycles. The van der Waals surface area contributed by atoms with Gasteiger partial charge < -0.3 is 15.7 Å². The van der Waals surface area contributed by atoms with Crippen LogP contribution in [0.15, 0.2) is 79.0 Å². The summed E-state index contributed by atoms with van der Waals surface area (Å²) in [4.78, 5) is 40.2. The van der Waals surface area contributed by atoms with Gasteiger partial charge in [-0.25, -0.2) is 4.98 Å². The van der Waals surface area contributed by atoms with Crippen molar-refractivity contribution in [3.63, 3.8) is 0 Å². The van der Waals surface area contributed by atoms with Crippen molar-refractivity contribution in [2.75, 3.05) is 18.4 Å². The minimum atomic E-state index is -0.960. The molecule has 0 fully saturated rings. The fourth-order valence-corrected chi connectivity index (χ4v) is 3.82. The summed E-state index contributed by atoms with van der Waals surface area (Å²) in [6.07, 6.45) is 3.45. The molecule has 0 bridgehead atoms. The molecule has 3 rings (SSSR count). The molecule has 3 aromatic rings. The molecular formula is C28H31N3O4. The number of carboxylic acids is 1. The van der Waals surface area contributed by atoms with Gasteiger partial charge in [-0.15, -0.1) is 0 Å². The van der Waals surface area contributed by atoms with Crippen molar-refractivity contribution in [1.82, 2.24) is 10.3 Å². The number of pyridine rings is 1. The molecular weight excluding hydrogens is 442 g/mol. The lowest BCUT2D eigenvalue weighted by atomic mass is 9.89. The average Bonchev–Trinajstić information content (AvgIpc) is 2.88. The van der Waals surface area contributed by atoms with Gasteiger partial charge in [0.25, 0.3) is 0 Å². The minimum absolute atomic E-state index is 0.0608. The van der Waals surface area contributed by atoms with Crippen molar-refractivity contribution < 1.29 is 19.5 Å². The number of carbonyl (C=O) groups excluding carboxylic acids is 2. The minimum Gasteiger partial charge on any atom is -0.481 e. The summed E-state index contributed by atoms with van der Waals surface area (Å²) in [5.41, 5.74) is 2.89. The average molecular weight is 474 g/mol. The Hall–Kier alpha value is -4.00. The van der Waals surface area contributed by atoms with Crippen LogP contribution in [0.4, 0.5) is 5.82 Å². The molecule has 0 spiro atoms. The van der Waals surface area contributed by atoms with Gasteiger partial charge in [0.05, 0.1) is 13.0 Å². The molecule has 0 aliphatic carbocycles. The van der Waals surface area contributed by atoms with Gasteiger partial charge in [0.15, 0.2) is 5.78 Å². The molecule has 0 saturated carbocycles. The van der Waals surface area contributed by atoms with E-state index >= 15 is 0 Å². The Morgan fingerprint density at radius 2 is 1.54 bits per heavy atom. The highest BCUT2D eigenvalue weighted by Crippen LogP contribution is 2.27. The van der Waals surface area contributed by atoms with Gasteiger partial charge >= 0.3 is 5.97 Å². The predicted molar refractivity (Wildman–Crippen MR) is 136 cm³/mol. The van der Waals surface area contributed by atoms with Gasteiger partial charge in [-0.2, -0.15) is 0 Å². The smallest absolute Gasteiger partial charge is 0.303 e. The van der Waals surface area contributed by atoms with E-state index in [-0.39, 0.29) is 31.1 Å². The van der Waals surface area contributed by atoms with Crippen LogP contribution < -0.4 is 10.6 Å². The Morgan fingerprint density at radius 1 is 0.829 bits per heavy atom. The number of Topliss-reactive ketones (excluding diaryl/α,β-unsaturated/α-hetero) is 1. The zero-order valence-electron chi connectivity index (χ0n) is 19.7. The van der Waals surface area contributed by atoms with E-state index in [9.17, 15) is 19.5 Å².